The van der Waals surface area contributed by atoms with Crippen molar-refractivity contribution in [2.24, 2.45) is 0 Å². The van der Waals surface area contributed by atoms with Crippen LogP contribution < -0.4 is 4.72 Å². The molecule has 0 heterocycles. The molecule has 0 fully saturated rings. The first-order valence-corrected chi connectivity index (χ1v) is 8.06. The molecule has 0 spiro atoms. The van der Waals surface area contributed by atoms with Gasteiger partial charge in [-0.05, 0) is 62.8 Å². The highest BCUT2D eigenvalue weighted by atomic mass is 79.9. The van der Waals surface area contributed by atoms with E-state index in [4.69, 9.17) is 0 Å². The van der Waals surface area contributed by atoms with E-state index in [9.17, 15) is 25.5 Å². The number of nitrogens with one attached hydrogen (secondary N) is 1. The predicted octanol–water partition coefficient (Wildman–Crippen LogP) is 3.39. The summed E-state index contributed by atoms with van der Waals surface area (Å²) in [5.74, 6) is -1.73. The number of benzene rings is 2. The summed E-state index contributed by atoms with van der Waals surface area (Å²) in [4.78, 5) is 0. The lowest BCUT2D eigenvalue weighted by atomic mass is 10.2. The first-order valence-electron chi connectivity index (χ1n) is 6.39. The summed E-state index contributed by atoms with van der Waals surface area (Å²) in [5, 5.41) is 48.7. The van der Waals surface area contributed by atoms with Gasteiger partial charge in [-0.1, -0.05) is 11.9 Å². The van der Waals surface area contributed by atoms with Crippen LogP contribution in [0.2, 0.25) is 0 Å². The van der Waals surface area contributed by atoms with Crippen LogP contribution in [-0.2, 0) is 6.54 Å². The van der Waals surface area contributed by atoms with Crippen molar-refractivity contribution in [2.45, 2.75) is 6.54 Å². The van der Waals surface area contributed by atoms with Gasteiger partial charge in [0.1, 0.15) is 0 Å². The van der Waals surface area contributed by atoms with Crippen molar-refractivity contribution >= 4 is 34.0 Å². The Labute approximate surface area is 145 Å². The van der Waals surface area contributed by atoms with Crippen LogP contribution in [0.25, 0.3) is 6.08 Å². The zero-order valence-electron chi connectivity index (χ0n) is 11.7. The summed E-state index contributed by atoms with van der Waals surface area (Å²) in [6, 6.07) is 5.73. The molecular formula is C15H14BrNO5S. The van der Waals surface area contributed by atoms with E-state index in [0.29, 0.717) is 22.1 Å². The van der Waals surface area contributed by atoms with Crippen molar-refractivity contribution < 1.29 is 25.5 Å². The van der Waals surface area contributed by atoms with E-state index < -0.39 is 5.75 Å². The molecule has 0 saturated heterocycles. The first-order chi connectivity index (χ1) is 10.9. The topological polar surface area (TPSA) is 113 Å². The minimum absolute atomic E-state index is 0.202. The fourth-order valence-corrected chi connectivity index (χ4v) is 2.77. The van der Waals surface area contributed by atoms with Crippen LogP contribution in [0.5, 0.6) is 28.7 Å². The minimum atomic E-state index is -0.543. The fraction of sp³-hybridized carbons (Fsp3) is 0.0667. The average molecular weight is 400 g/mol. The molecule has 0 radical (unpaired) electrons. The molecule has 2 aromatic rings. The van der Waals surface area contributed by atoms with Gasteiger partial charge in [0.05, 0.1) is 4.47 Å². The molecule has 23 heavy (non-hydrogen) atoms. The Morgan fingerprint density at radius 2 is 1.61 bits per heavy atom. The van der Waals surface area contributed by atoms with E-state index in [1.165, 1.54) is 30.1 Å². The molecule has 0 unspecified atom stereocenters. The van der Waals surface area contributed by atoms with Crippen LogP contribution in [-0.4, -0.2) is 25.5 Å². The molecule has 2 rings (SSSR count). The van der Waals surface area contributed by atoms with Gasteiger partial charge >= 0.3 is 0 Å². The van der Waals surface area contributed by atoms with Crippen LogP contribution in [0.4, 0.5) is 0 Å². The monoisotopic (exact) mass is 399 g/mol. The molecule has 0 saturated carbocycles. The maximum atomic E-state index is 9.59. The average Bonchev–Trinajstić information content (AvgIpc) is 2.52. The quantitative estimate of drug-likeness (QED) is 0.259. The van der Waals surface area contributed by atoms with Crippen LogP contribution in [0.1, 0.15) is 11.1 Å². The lowest BCUT2D eigenvalue weighted by Gasteiger charge is -2.06. The lowest BCUT2D eigenvalue weighted by molar-refractivity contribution is 0.367. The number of rotatable bonds is 5. The molecule has 0 amide bonds. The van der Waals surface area contributed by atoms with Crippen molar-refractivity contribution in [3.8, 4) is 28.7 Å². The third-order valence-corrected chi connectivity index (χ3v) is 4.35. The lowest BCUT2D eigenvalue weighted by Crippen LogP contribution is -2.01. The number of phenolic OH excluding ortho intramolecular Hbond substituents is 5. The summed E-state index contributed by atoms with van der Waals surface area (Å²) < 4.78 is 3.38. The maximum absolute atomic E-state index is 9.59. The summed E-state index contributed by atoms with van der Waals surface area (Å²) in [6.45, 7) is 0.346. The second kappa shape index (κ2) is 7.49. The zero-order valence-corrected chi connectivity index (χ0v) is 14.1. The van der Waals surface area contributed by atoms with Gasteiger partial charge in [-0.2, -0.15) is 0 Å². The van der Waals surface area contributed by atoms with Crippen LogP contribution in [0.15, 0.2) is 34.1 Å². The van der Waals surface area contributed by atoms with Gasteiger partial charge < -0.3 is 25.5 Å². The van der Waals surface area contributed by atoms with Crippen molar-refractivity contribution in [1.29, 1.82) is 0 Å². The van der Waals surface area contributed by atoms with Crippen LogP contribution in [0, 0.1) is 0 Å². The highest BCUT2D eigenvalue weighted by Crippen LogP contribution is 2.37. The molecule has 0 aliphatic heterocycles. The SMILES string of the molecule is Oc1cc(CNS/C=C/c2ccc(O)c(O)c2Br)cc(O)c1O. The third-order valence-electron chi connectivity index (χ3n) is 2.93. The van der Waals surface area contributed by atoms with Gasteiger partial charge in [0.25, 0.3) is 0 Å². The Bertz CT molecular complexity index is 728. The Hall–Kier alpha value is -2.03. The fourth-order valence-electron chi connectivity index (χ4n) is 1.74. The van der Waals surface area contributed by atoms with E-state index in [-0.39, 0.29) is 23.0 Å². The minimum Gasteiger partial charge on any atom is -0.504 e. The summed E-state index contributed by atoms with van der Waals surface area (Å²) in [7, 11) is 0. The third kappa shape index (κ3) is 4.25. The Morgan fingerprint density at radius 1 is 0.957 bits per heavy atom. The molecule has 6 N–H and O–H groups in total. The first kappa shape index (κ1) is 17.3. The highest BCUT2D eigenvalue weighted by Gasteiger charge is 2.08. The van der Waals surface area contributed by atoms with Gasteiger partial charge in [0.2, 0.25) is 0 Å². The molecular weight excluding hydrogens is 386 g/mol. The largest absolute Gasteiger partial charge is 0.504 e. The number of aromatic hydroxyl groups is 5. The number of hydrogen-bond acceptors (Lipinski definition) is 7. The van der Waals surface area contributed by atoms with Crippen molar-refractivity contribution in [2.75, 3.05) is 0 Å². The molecule has 8 heteroatoms. The van der Waals surface area contributed by atoms with E-state index in [1.807, 2.05) is 0 Å². The second-order valence-corrected chi connectivity index (χ2v) is 6.15. The Morgan fingerprint density at radius 3 is 2.26 bits per heavy atom. The second-order valence-electron chi connectivity index (χ2n) is 4.56. The van der Waals surface area contributed by atoms with Gasteiger partial charge in [0.15, 0.2) is 28.7 Å². The van der Waals surface area contributed by atoms with Crippen molar-refractivity contribution in [3.05, 3.63) is 45.3 Å². The zero-order chi connectivity index (χ0) is 17.0. The van der Waals surface area contributed by atoms with Crippen LogP contribution in [0.3, 0.4) is 0 Å². The molecule has 0 aliphatic rings. The summed E-state index contributed by atoms with van der Waals surface area (Å²) >= 11 is 4.45. The van der Waals surface area contributed by atoms with E-state index in [0.717, 1.165) is 0 Å². The van der Waals surface area contributed by atoms with E-state index in [1.54, 1.807) is 17.6 Å². The molecule has 0 aliphatic carbocycles. The maximum Gasteiger partial charge on any atom is 0.200 e. The molecule has 122 valence electrons. The predicted molar refractivity (Wildman–Crippen MR) is 92.4 cm³/mol. The highest BCUT2D eigenvalue weighted by molar-refractivity contribution is 9.10. The van der Waals surface area contributed by atoms with Gasteiger partial charge in [-0.25, -0.2) is 0 Å². The van der Waals surface area contributed by atoms with Crippen LogP contribution >= 0.6 is 27.9 Å². The van der Waals surface area contributed by atoms with Crippen molar-refractivity contribution in [3.63, 3.8) is 0 Å². The number of halogens is 1. The summed E-state index contributed by atoms with van der Waals surface area (Å²) in [5.41, 5.74) is 1.29. The number of phenols is 5. The Kier molecular flexibility index (Phi) is 5.64. The molecule has 0 bridgehead atoms. The smallest absolute Gasteiger partial charge is 0.200 e. The van der Waals surface area contributed by atoms with Gasteiger partial charge in [0, 0.05) is 6.54 Å². The molecule has 6 nitrogen and oxygen atoms in total. The standard InChI is InChI=1S/C15H14BrNO5S/c16-13-9(1-2-10(18)15(13)22)3-4-23-17-7-8-5-11(19)14(21)12(20)6-8/h1-6,17-22H,7H2/b4-3+. The van der Waals surface area contributed by atoms with Gasteiger partial charge in [-0.3, -0.25) is 4.72 Å². The van der Waals surface area contributed by atoms with Gasteiger partial charge in [-0.15, -0.1) is 0 Å². The van der Waals surface area contributed by atoms with Crippen molar-refractivity contribution in [1.82, 2.24) is 4.72 Å². The molecule has 0 atom stereocenters. The molecule has 0 aromatic heterocycles. The summed E-state index contributed by atoms with van der Waals surface area (Å²) in [6.07, 6.45) is 1.73. The number of hydrogen-bond donors (Lipinski definition) is 6. The normalized spacial score (nSPS) is 11.2. The Balaban J connectivity index is 1.92. The van der Waals surface area contributed by atoms with E-state index in [2.05, 4.69) is 20.7 Å². The van der Waals surface area contributed by atoms with E-state index >= 15 is 0 Å². The molecule has 2 aromatic carbocycles.